The zero-order valence-electron chi connectivity index (χ0n) is 11.8. The molecule has 0 saturated heterocycles. The van der Waals surface area contributed by atoms with E-state index in [1.165, 1.54) is 0 Å². The Morgan fingerprint density at radius 1 is 1.52 bits per heavy atom. The number of fused-ring (bicyclic) bond motifs is 1. The average Bonchev–Trinajstić information content (AvgIpc) is 2.85. The molecular formula is C15H15ClN2O3. The first-order chi connectivity index (χ1) is 9.95. The molecule has 1 N–H and O–H groups in total. The molecule has 1 unspecified atom stereocenters. The number of carbonyl (C=O) groups excluding carboxylic acids is 1. The molecule has 1 aromatic carbocycles. The van der Waals surface area contributed by atoms with Crippen LogP contribution in [-0.4, -0.2) is 32.8 Å². The maximum absolute atomic E-state index is 12.3. The van der Waals surface area contributed by atoms with Crippen LogP contribution in [0.25, 0.3) is 5.69 Å². The summed E-state index contributed by atoms with van der Waals surface area (Å²) in [5.41, 5.74) is 1.77. The summed E-state index contributed by atoms with van der Waals surface area (Å²) in [5, 5.41) is 9.99. The maximum Gasteiger partial charge on any atom is 0.357 e. The lowest BCUT2D eigenvalue weighted by Crippen LogP contribution is -2.42. The normalized spacial score (nSPS) is 21.0. The molecule has 0 spiro atoms. The molecule has 0 aliphatic carbocycles. The summed E-state index contributed by atoms with van der Waals surface area (Å²) in [6, 6.07) is 5.49. The fourth-order valence-corrected chi connectivity index (χ4v) is 2.69. The van der Waals surface area contributed by atoms with Gasteiger partial charge in [0, 0.05) is 11.4 Å². The predicted molar refractivity (Wildman–Crippen MR) is 77.9 cm³/mol. The standard InChI is InChI=1S/C15H15ClN2O3/c1-9-10(16)4-3-5-12(9)18-8-17-11-6-15(2,7-19)21-14(20)13(11)18/h3-5,8,19H,6-7H2,1-2H3. The van der Waals surface area contributed by atoms with Crippen LogP contribution in [0.15, 0.2) is 24.5 Å². The quantitative estimate of drug-likeness (QED) is 0.865. The van der Waals surface area contributed by atoms with Crippen molar-refractivity contribution in [3.63, 3.8) is 0 Å². The van der Waals surface area contributed by atoms with Crippen LogP contribution in [0.1, 0.15) is 28.7 Å². The van der Waals surface area contributed by atoms with Gasteiger partial charge < -0.3 is 9.84 Å². The van der Waals surface area contributed by atoms with Crippen LogP contribution in [-0.2, 0) is 11.2 Å². The second-order valence-electron chi connectivity index (χ2n) is 5.47. The van der Waals surface area contributed by atoms with E-state index in [4.69, 9.17) is 16.3 Å². The van der Waals surface area contributed by atoms with Gasteiger partial charge in [-0.1, -0.05) is 17.7 Å². The Morgan fingerprint density at radius 3 is 3.00 bits per heavy atom. The fraction of sp³-hybridized carbons (Fsp3) is 0.333. The monoisotopic (exact) mass is 306 g/mol. The predicted octanol–water partition coefficient (Wildman–Crippen LogP) is 2.30. The van der Waals surface area contributed by atoms with Gasteiger partial charge in [0.05, 0.1) is 18.0 Å². The van der Waals surface area contributed by atoms with Crippen LogP contribution in [0.5, 0.6) is 0 Å². The van der Waals surface area contributed by atoms with Crippen molar-refractivity contribution in [1.82, 2.24) is 9.55 Å². The minimum absolute atomic E-state index is 0.235. The largest absolute Gasteiger partial charge is 0.452 e. The minimum atomic E-state index is -0.910. The highest BCUT2D eigenvalue weighted by Gasteiger charge is 2.39. The fourth-order valence-electron chi connectivity index (χ4n) is 2.52. The molecule has 0 amide bonds. The van der Waals surface area contributed by atoms with E-state index in [2.05, 4.69) is 4.98 Å². The zero-order chi connectivity index (χ0) is 15.2. The molecule has 1 aromatic heterocycles. The van der Waals surface area contributed by atoms with Gasteiger partial charge in [0.15, 0.2) is 5.69 Å². The van der Waals surface area contributed by atoms with E-state index in [0.717, 1.165) is 11.3 Å². The highest BCUT2D eigenvalue weighted by atomic mass is 35.5. The summed E-state index contributed by atoms with van der Waals surface area (Å²) in [6.45, 7) is 3.34. The smallest absolute Gasteiger partial charge is 0.357 e. The van der Waals surface area contributed by atoms with E-state index < -0.39 is 11.6 Å². The van der Waals surface area contributed by atoms with Crippen molar-refractivity contribution >= 4 is 17.6 Å². The van der Waals surface area contributed by atoms with Crippen molar-refractivity contribution in [3.05, 3.63) is 46.5 Å². The molecule has 2 aromatic rings. The highest BCUT2D eigenvalue weighted by Crippen LogP contribution is 2.30. The van der Waals surface area contributed by atoms with Crippen molar-refractivity contribution in [2.45, 2.75) is 25.9 Å². The Hall–Kier alpha value is -1.85. The average molecular weight is 307 g/mol. The van der Waals surface area contributed by atoms with Crippen molar-refractivity contribution in [2.75, 3.05) is 6.61 Å². The Bertz CT molecular complexity index is 726. The van der Waals surface area contributed by atoms with Crippen LogP contribution in [0.3, 0.4) is 0 Å². The van der Waals surface area contributed by atoms with Gasteiger partial charge in [-0.2, -0.15) is 0 Å². The molecule has 6 heteroatoms. The molecular weight excluding hydrogens is 292 g/mol. The molecule has 2 heterocycles. The van der Waals surface area contributed by atoms with Crippen molar-refractivity contribution in [1.29, 1.82) is 0 Å². The van der Waals surface area contributed by atoms with Gasteiger partial charge in [0.1, 0.15) is 11.9 Å². The Morgan fingerprint density at radius 2 is 2.29 bits per heavy atom. The summed E-state index contributed by atoms with van der Waals surface area (Å²) in [4.78, 5) is 16.6. The number of aliphatic hydroxyl groups excluding tert-OH is 1. The van der Waals surface area contributed by atoms with Crippen LogP contribution in [0, 0.1) is 6.92 Å². The van der Waals surface area contributed by atoms with Gasteiger partial charge in [0.25, 0.3) is 0 Å². The maximum atomic E-state index is 12.3. The Balaban J connectivity index is 2.13. The molecule has 110 valence electrons. The van der Waals surface area contributed by atoms with Gasteiger partial charge in [0.2, 0.25) is 0 Å². The molecule has 1 aliphatic rings. The van der Waals surface area contributed by atoms with Crippen molar-refractivity contribution in [3.8, 4) is 5.69 Å². The number of nitrogens with zero attached hydrogens (tertiary/aromatic N) is 2. The third-order valence-corrected chi connectivity index (χ3v) is 4.16. The van der Waals surface area contributed by atoms with Crippen molar-refractivity contribution < 1.29 is 14.6 Å². The van der Waals surface area contributed by atoms with E-state index in [-0.39, 0.29) is 6.61 Å². The zero-order valence-corrected chi connectivity index (χ0v) is 12.5. The molecule has 0 radical (unpaired) electrons. The first-order valence-corrected chi connectivity index (χ1v) is 6.99. The third kappa shape index (κ3) is 2.22. The molecule has 21 heavy (non-hydrogen) atoms. The summed E-state index contributed by atoms with van der Waals surface area (Å²) >= 11 is 6.14. The number of esters is 1. The second kappa shape index (κ2) is 4.86. The summed E-state index contributed by atoms with van der Waals surface area (Å²) in [6.07, 6.45) is 1.98. The number of carbonyl (C=O) groups is 1. The number of halogens is 1. The highest BCUT2D eigenvalue weighted by molar-refractivity contribution is 6.31. The van der Waals surface area contributed by atoms with E-state index in [9.17, 15) is 9.90 Å². The van der Waals surface area contributed by atoms with Gasteiger partial charge in [-0.3, -0.25) is 4.57 Å². The molecule has 0 bridgehead atoms. The number of cyclic esters (lactones) is 1. The number of aromatic nitrogens is 2. The number of imidazole rings is 1. The molecule has 0 saturated carbocycles. The molecule has 1 aliphatic heterocycles. The topological polar surface area (TPSA) is 64.4 Å². The van der Waals surface area contributed by atoms with Crippen molar-refractivity contribution in [2.24, 2.45) is 0 Å². The Kier molecular flexibility index (Phi) is 3.26. The second-order valence-corrected chi connectivity index (χ2v) is 5.88. The molecule has 0 fully saturated rings. The van der Waals surface area contributed by atoms with Gasteiger partial charge in [-0.05, 0) is 31.5 Å². The first-order valence-electron chi connectivity index (χ1n) is 6.61. The number of hydrogen-bond acceptors (Lipinski definition) is 4. The summed E-state index contributed by atoms with van der Waals surface area (Å²) in [5.74, 6) is -0.482. The number of hydrogen-bond donors (Lipinski definition) is 1. The summed E-state index contributed by atoms with van der Waals surface area (Å²) in [7, 11) is 0. The first kappa shape index (κ1) is 14.1. The van der Waals surface area contributed by atoms with Crippen LogP contribution >= 0.6 is 11.6 Å². The van der Waals surface area contributed by atoms with E-state index in [1.807, 2.05) is 19.1 Å². The lowest BCUT2D eigenvalue weighted by atomic mass is 9.97. The lowest BCUT2D eigenvalue weighted by molar-refractivity contribution is -0.0434. The number of benzene rings is 1. The van der Waals surface area contributed by atoms with Gasteiger partial charge in [-0.25, -0.2) is 9.78 Å². The van der Waals surface area contributed by atoms with Crippen LogP contribution in [0.2, 0.25) is 5.02 Å². The Labute approximate surface area is 127 Å². The molecule has 3 rings (SSSR count). The van der Waals surface area contributed by atoms with Gasteiger partial charge >= 0.3 is 5.97 Å². The van der Waals surface area contributed by atoms with Crippen LogP contribution < -0.4 is 0 Å². The lowest BCUT2D eigenvalue weighted by Gasteiger charge is -2.31. The number of ether oxygens (including phenoxy) is 1. The summed E-state index contributed by atoms with van der Waals surface area (Å²) < 4.78 is 7.05. The molecule has 1 atom stereocenters. The van der Waals surface area contributed by atoms with E-state index in [1.54, 1.807) is 23.9 Å². The minimum Gasteiger partial charge on any atom is -0.452 e. The SMILES string of the molecule is Cc1c(Cl)cccc1-n1cnc2c1C(=O)OC(C)(CO)C2. The number of rotatable bonds is 2. The van der Waals surface area contributed by atoms with E-state index in [0.29, 0.717) is 22.8 Å². The third-order valence-electron chi connectivity index (χ3n) is 3.75. The van der Waals surface area contributed by atoms with Gasteiger partial charge in [-0.15, -0.1) is 0 Å². The van der Waals surface area contributed by atoms with E-state index >= 15 is 0 Å². The number of aliphatic hydroxyl groups is 1. The molecule has 5 nitrogen and oxygen atoms in total. The van der Waals surface area contributed by atoms with Crippen LogP contribution in [0.4, 0.5) is 0 Å².